The highest BCUT2D eigenvalue weighted by Gasteiger charge is 2.07. The molecule has 0 fully saturated rings. The van der Waals surface area contributed by atoms with E-state index in [1.54, 1.807) is 12.1 Å². The molecule has 0 saturated carbocycles. The summed E-state index contributed by atoms with van der Waals surface area (Å²) in [5, 5.41) is 13.1. The highest BCUT2D eigenvalue weighted by Crippen LogP contribution is 2.18. The van der Waals surface area contributed by atoms with Gasteiger partial charge in [-0.2, -0.15) is 0 Å². The lowest BCUT2D eigenvalue weighted by Crippen LogP contribution is -2.29. The normalized spacial score (nSPS) is 9.56. The molecule has 6 nitrogen and oxygen atoms in total. The Morgan fingerprint density at radius 1 is 1.56 bits per heavy atom. The summed E-state index contributed by atoms with van der Waals surface area (Å²) in [6.45, 7) is 3.86. The molecule has 0 aromatic heterocycles. The second-order valence-corrected chi connectivity index (χ2v) is 3.47. The fraction of sp³-hybridized carbons (Fsp3) is 0.250. The number of nitrogens with zero attached hydrogens (tertiary/aromatic N) is 1. The van der Waals surface area contributed by atoms with Crippen LogP contribution in [0.15, 0.2) is 36.9 Å². The fourth-order valence-electron chi connectivity index (χ4n) is 1.20. The van der Waals surface area contributed by atoms with Crippen molar-refractivity contribution in [2.75, 3.05) is 13.2 Å². The summed E-state index contributed by atoms with van der Waals surface area (Å²) in [5.74, 6) is 0.0198. The Morgan fingerprint density at radius 2 is 2.33 bits per heavy atom. The lowest BCUT2D eigenvalue weighted by molar-refractivity contribution is -0.384. The topological polar surface area (TPSA) is 81.5 Å². The van der Waals surface area contributed by atoms with Gasteiger partial charge in [0.25, 0.3) is 11.6 Å². The van der Waals surface area contributed by atoms with Gasteiger partial charge in [0.15, 0.2) is 6.61 Å². The van der Waals surface area contributed by atoms with Crippen LogP contribution < -0.4 is 10.1 Å². The highest BCUT2D eigenvalue weighted by atomic mass is 16.6. The summed E-state index contributed by atoms with van der Waals surface area (Å²) in [4.78, 5) is 21.3. The van der Waals surface area contributed by atoms with Crippen LogP contribution in [-0.2, 0) is 4.79 Å². The van der Waals surface area contributed by atoms with E-state index >= 15 is 0 Å². The second kappa shape index (κ2) is 7.05. The van der Waals surface area contributed by atoms with Gasteiger partial charge in [0.1, 0.15) is 5.75 Å². The molecule has 1 amide bonds. The molecule has 18 heavy (non-hydrogen) atoms. The fourth-order valence-corrected chi connectivity index (χ4v) is 1.20. The van der Waals surface area contributed by atoms with Gasteiger partial charge in [0, 0.05) is 12.6 Å². The molecule has 0 aliphatic heterocycles. The molecule has 1 N–H and O–H groups in total. The lowest BCUT2D eigenvalue weighted by atomic mass is 10.3. The van der Waals surface area contributed by atoms with Crippen molar-refractivity contribution in [2.24, 2.45) is 0 Å². The first-order chi connectivity index (χ1) is 8.63. The Hall–Kier alpha value is -2.37. The molecule has 0 saturated heterocycles. The van der Waals surface area contributed by atoms with Gasteiger partial charge in [-0.15, -0.1) is 6.58 Å². The van der Waals surface area contributed by atoms with Gasteiger partial charge in [0.05, 0.1) is 11.0 Å². The molecule has 0 aliphatic rings. The Kier molecular flexibility index (Phi) is 5.37. The van der Waals surface area contributed by atoms with Crippen molar-refractivity contribution < 1.29 is 14.5 Å². The van der Waals surface area contributed by atoms with Crippen molar-refractivity contribution in [3.8, 4) is 5.75 Å². The lowest BCUT2D eigenvalue weighted by Gasteiger charge is -2.06. The maximum atomic E-state index is 11.3. The predicted octanol–water partition coefficient (Wildman–Crippen LogP) is 1.67. The number of nitrogens with one attached hydrogen (secondary N) is 1. The number of hydrogen-bond donors (Lipinski definition) is 1. The van der Waals surface area contributed by atoms with Gasteiger partial charge in [-0.3, -0.25) is 14.9 Å². The number of benzene rings is 1. The largest absolute Gasteiger partial charge is 0.484 e. The number of amides is 1. The number of ether oxygens (including phenoxy) is 1. The van der Waals surface area contributed by atoms with E-state index in [4.69, 9.17) is 4.74 Å². The molecule has 0 spiro atoms. The van der Waals surface area contributed by atoms with Crippen molar-refractivity contribution in [1.82, 2.24) is 5.32 Å². The number of carbonyl (C=O) groups excluding carboxylic acids is 1. The SMILES string of the molecule is C=CCCNC(=O)COc1cccc([N+](=O)[O-])c1. The van der Waals surface area contributed by atoms with E-state index in [0.717, 1.165) is 0 Å². The maximum absolute atomic E-state index is 11.3. The predicted molar refractivity (Wildman–Crippen MR) is 66.4 cm³/mol. The van der Waals surface area contributed by atoms with Gasteiger partial charge in [-0.25, -0.2) is 0 Å². The van der Waals surface area contributed by atoms with Crippen LogP contribution in [0.4, 0.5) is 5.69 Å². The van der Waals surface area contributed by atoms with Crippen LogP contribution in [0.2, 0.25) is 0 Å². The molecule has 0 heterocycles. The minimum atomic E-state index is -0.517. The molecular formula is C12H14N2O4. The third-order valence-electron chi connectivity index (χ3n) is 2.07. The van der Waals surface area contributed by atoms with Crippen LogP contribution in [0, 0.1) is 10.1 Å². The van der Waals surface area contributed by atoms with Crippen LogP contribution in [-0.4, -0.2) is 24.0 Å². The molecule has 0 radical (unpaired) electrons. The summed E-state index contributed by atoms with van der Waals surface area (Å²) >= 11 is 0. The monoisotopic (exact) mass is 250 g/mol. The van der Waals surface area contributed by atoms with Crippen molar-refractivity contribution in [3.05, 3.63) is 47.0 Å². The summed E-state index contributed by atoms with van der Waals surface area (Å²) < 4.78 is 5.15. The minimum absolute atomic E-state index is 0.0698. The van der Waals surface area contributed by atoms with Crippen molar-refractivity contribution >= 4 is 11.6 Å². The van der Waals surface area contributed by atoms with E-state index in [-0.39, 0.29) is 18.2 Å². The Morgan fingerprint density at radius 3 is 3.00 bits per heavy atom. The number of rotatable bonds is 7. The average molecular weight is 250 g/mol. The number of nitro benzene ring substituents is 1. The number of nitro groups is 1. The first kappa shape index (κ1) is 13.7. The molecule has 0 aliphatic carbocycles. The number of non-ortho nitro benzene ring substituents is 1. The molecule has 0 unspecified atom stereocenters. The van der Waals surface area contributed by atoms with Gasteiger partial charge in [-0.05, 0) is 12.5 Å². The van der Waals surface area contributed by atoms with Crippen molar-refractivity contribution in [3.63, 3.8) is 0 Å². The molecule has 1 aromatic rings. The van der Waals surface area contributed by atoms with Crippen molar-refractivity contribution in [2.45, 2.75) is 6.42 Å². The van der Waals surface area contributed by atoms with E-state index in [1.807, 2.05) is 0 Å². The standard InChI is InChI=1S/C12H14N2O4/c1-2-3-7-13-12(15)9-18-11-6-4-5-10(8-11)14(16)17/h2,4-6,8H,1,3,7,9H2,(H,13,15). The zero-order chi connectivity index (χ0) is 13.4. The summed E-state index contributed by atoms with van der Waals surface area (Å²) in [6, 6.07) is 5.70. The van der Waals surface area contributed by atoms with Crippen LogP contribution in [0.1, 0.15) is 6.42 Å². The van der Waals surface area contributed by atoms with E-state index in [9.17, 15) is 14.9 Å². The molecule has 1 rings (SSSR count). The first-order valence-electron chi connectivity index (χ1n) is 5.38. The molecule has 1 aromatic carbocycles. The average Bonchev–Trinajstić information content (AvgIpc) is 2.37. The van der Waals surface area contributed by atoms with Crippen LogP contribution in [0.25, 0.3) is 0 Å². The van der Waals surface area contributed by atoms with E-state index < -0.39 is 4.92 Å². The Balaban J connectivity index is 2.43. The molecule has 96 valence electrons. The van der Waals surface area contributed by atoms with Crippen LogP contribution in [0.3, 0.4) is 0 Å². The zero-order valence-corrected chi connectivity index (χ0v) is 9.80. The molecule has 0 bridgehead atoms. The second-order valence-electron chi connectivity index (χ2n) is 3.47. The highest BCUT2D eigenvalue weighted by molar-refractivity contribution is 5.77. The van der Waals surface area contributed by atoms with Crippen LogP contribution in [0.5, 0.6) is 5.75 Å². The van der Waals surface area contributed by atoms with Gasteiger partial charge in [-0.1, -0.05) is 12.1 Å². The zero-order valence-electron chi connectivity index (χ0n) is 9.80. The summed E-state index contributed by atoms with van der Waals surface area (Å²) in [5.41, 5.74) is -0.0698. The Labute approximate surface area is 104 Å². The third-order valence-corrected chi connectivity index (χ3v) is 2.07. The molecular weight excluding hydrogens is 236 g/mol. The van der Waals surface area contributed by atoms with E-state index in [1.165, 1.54) is 18.2 Å². The van der Waals surface area contributed by atoms with E-state index in [2.05, 4.69) is 11.9 Å². The minimum Gasteiger partial charge on any atom is -0.484 e. The quantitative estimate of drug-likeness (QED) is 0.345. The van der Waals surface area contributed by atoms with Crippen LogP contribution >= 0.6 is 0 Å². The third kappa shape index (κ3) is 4.65. The van der Waals surface area contributed by atoms with Gasteiger partial charge >= 0.3 is 0 Å². The maximum Gasteiger partial charge on any atom is 0.273 e. The summed E-state index contributed by atoms with van der Waals surface area (Å²) in [6.07, 6.45) is 2.38. The number of hydrogen-bond acceptors (Lipinski definition) is 4. The van der Waals surface area contributed by atoms with Gasteiger partial charge < -0.3 is 10.1 Å². The molecule has 0 atom stereocenters. The van der Waals surface area contributed by atoms with Gasteiger partial charge in [0.2, 0.25) is 0 Å². The first-order valence-corrected chi connectivity index (χ1v) is 5.38. The smallest absolute Gasteiger partial charge is 0.273 e. The number of carbonyl (C=O) groups is 1. The summed E-state index contributed by atoms with van der Waals surface area (Å²) in [7, 11) is 0. The Bertz CT molecular complexity index is 445. The van der Waals surface area contributed by atoms with E-state index in [0.29, 0.717) is 18.7 Å². The molecule has 6 heteroatoms. The van der Waals surface area contributed by atoms with Crippen molar-refractivity contribution in [1.29, 1.82) is 0 Å².